The summed E-state index contributed by atoms with van der Waals surface area (Å²) in [7, 11) is 0. The van der Waals surface area contributed by atoms with E-state index in [1.54, 1.807) is 54.6 Å². The number of fused-ring (bicyclic) bond motifs is 1. The molecule has 0 aliphatic carbocycles. The topological polar surface area (TPSA) is 70.8 Å². The fourth-order valence-corrected chi connectivity index (χ4v) is 2.84. The van der Waals surface area contributed by atoms with Gasteiger partial charge in [0.05, 0.1) is 16.8 Å². The summed E-state index contributed by atoms with van der Waals surface area (Å²) in [5.74, 6) is 0.361. The third kappa shape index (κ3) is 2.14. The molecule has 2 heterocycles. The van der Waals surface area contributed by atoms with Crippen LogP contribution in [-0.2, 0) is 6.61 Å². The van der Waals surface area contributed by atoms with Gasteiger partial charge in [0.25, 0.3) is 11.8 Å². The smallest absolute Gasteiger partial charge is 0.266 e. The van der Waals surface area contributed by atoms with Crippen LogP contribution in [-0.4, -0.2) is 16.9 Å². The standard InChI is InChI=1S/C19H13NO4/c21-11-14-8-9-17(24-14)12-4-3-5-13(10-12)20-18(22)15-6-1-2-7-16(15)19(20)23/h1-10,21H,11H2. The van der Waals surface area contributed by atoms with Gasteiger partial charge in [-0.05, 0) is 36.4 Å². The van der Waals surface area contributed by atoms with E-state index < -0.39 is 0 Å². The Hall–Kier alpha value is -3.18. The third-order valence-electron chi connectivity index (χ3n) is 4.00. The minimum atomic E-state index is -0.330. The maximum absolute atomic E-state index is 12.6. The molecule has 24 heavy (non-hydrogen) atoms. The average Bonchev–Trinajstić information content (AvgIpc) is 3.20. The van der Waals surface area contributed by atoms with Crippen LogP contribution in [0.15, 0.2) is 65.1 Å². The van der Waals surface area contributed by atoms with Gasteiger partial charge in [0, 0.05) is 5.56 Å². The Balaban J connectivity index is 1.75. The summed E-state index contributed by atoms with van der Waals surface area (Å²) in [6.07, 6.45) is 0. The average molecular weight is 319 g/mol. The second-order valence-electron chi connectivity index (χ2n) is 5.47. The van der Waals surface area contributed by atoms with E-state index in [2.05, 4.69) is 0 Å². The fourth-order valence-electron chi connectivity index (χ4n) is 2.84. The second kappa shape index (κ2) is 5.47. The van der Waals surface area contributed by atoms with Crippen LogP contribution >= 0.6 is 0 Å². The molecule has 0 unspecified atom stereocenters. The summed E-state index contributed by atoms with van der Waals surface area (Å²) in [5, 5.41) is 9.10. The lowest BCUT2D eigenvalue weighted by Gasteiger charge is -2.14. The number of anilines is 1. The predicted octanol–water partition coefficient (Wildman–Crippen LogP) is 3.24. The van der Waals surface area contributed by atoms with Gasteiger partial charge < -0.3 is 9.52 Å². The van der Waals surface area contributed by atoms with E-state index >= 15 is 0 Å². The Bertz CT molecular complexity index is 922. The van der Waals surface area contributed by atoms with E-state index in [0.29, 0.717) is 28.3 Å². The van der Waals surface area contributed by atoms with Gasteiger partial charge in [-0.2, -0.15) is 0 Å². The molecule has 0 saturated carbocycles. The van der Waals surface area contributed by atoms with Gasteiger partial charge >= 0.3 is 0 Å². The lowest BCUT2D eigenvalue weighted by molar-refractivity contribution is 0.0926. The molecule has 0 spiro atoms. The molecule has 5 nitrogen and oxygen atoms in total. The summed E-state index contributed by atoms with van der Waals surface area (Å²) in [6, 6.07) is 17.2. The van der Waals surface area contributed by atoms with Gasteiger partial charge in [-0.3, -0.25) is 9.59 Å². The van der Waals surface area contributed by atoms with Crippen LogP contribution in [0.4, 0.5) is 5.69 Å². The van der Waals surface area contributed by atoms with Crippen molar-refractivity contribution in [1.82, 2.24) is 0 Å². The Morgan fingerprint density at radius 3 is 2.21 bits per heavy atom. The van der Waals surface area contributed by atoms with Gasteiger partial charge in [0.2, 0.25) is 0 Å². The summed E-state index contributed by atoms with van der Waals surface area (Å²) >= 11 is 0. The number of carbonyl (C=O) groups is 2. The highest BCUT2D eigenvalue weighted by Crippen LogP contribution is 2.31. The number of imide groups is 1. The molecule has 5 heteroatoms. The number of benzene rings is 2. The van der Waals surface area contributed by atoms with Gasteiger partial charge in [-0.1, -0.05) is 24.3 Å². The van der Waals surface area contributed by atoms with Crippen LogP contribution in [0.1, 0.15) is 26.5 Å². The lowest BCUT2D eigenvalue weighted by atomic mass is 10.1. The SMILES string of the molecule is O=C1c2ccccc2C(=O)N1c1cccc(-c2ccc(CO)o2)c1. The second-order valence-corrected chi connectivity index (χ2v) is 5.47. The molecule has 2 aromatic carbocycles. The molecule has 1 aliphatic rings. The molecular formula is C19H13NO4. The normalized spacial score (nSPS) is 13.5. The van der Waals surface area contributed by atoms with Crippen LogP contribution in [0.25, 0.3) is 11.3 Å². The molecule has 0 fully saturated rings. The number of rotatable bonds is 3. The molecule has 0 bridgehead atoms. The molecule has 4 rings (SSSR count). The Morgan fingerprint density at radius 2 is 1.58 bits per heavy atom. The Kier molecular flexibility index (Phi) is 3.29. The highest BCUT2D eigenvalue weighted by molar-refractivity contribution is 6.34. The number of carbonyl (C=O) groups excluding carboxylic acids is 2. The number of furan rings is 1. The van der Waals surface area contributed by atoms with Crippen molar-refractivity contribution in [3.63, 3.8) is 0 Å². The van der Waals surface area contributed by atoms with Crippen molar-refractivity contribution in [1.29, 1.82) is 0 Å². The zero-order chi connectivity index (χ0) is 16.7. The van der Waals surface area contributed by atoms with E-state index in [0.717, 1.165) is 5.56 Å². The highest BCUT2D eigenvalue weighted by Gasteiger charge is 2.36. The van der Waals surface area contributed by atoms with Crippen molar-refractivity contribution < 1.29 is 19.1 Å². The van der Waals surface area contributed by atoms with Crippen LogP contribution in [0.3, 0.4) is 0 Å². The van der Waals surface area contributed by atoms with Crippen molar-refractivity contribution in [3.05, 3.63) is 77.6 Å². The minimum absolute atomic E-state index is 0.182. The Labute approximate surface area is 137 Å². The number of aliphatic hydroxyl groups excluding tert-OH is 1. The first-order valence-corrected chi connectivity index (χ1v) is 7.47. The molecule has 118 valence electrons. The summed E-state index contributed by atoms with van der Waals surface area (Å²) in [6.45, 7) is -0.182. The van der Waals surface area contributed by atoms with E-state index in [1.807, 2.05) is 6.07 Å². The van der Waals surface area contributed by atoms with Crippen LogP contribution in [0.5, 0.6) is 0 Å². The largest absolute Gasteiger partial charge is 0.459 e. The number of amides is 2. The van der Waals surface area contributed by atoms with Crippen molar-refractivity contribution in [2.75, 3.05) is 4.90 Å². The first-order chi connectivity index (χ1) is 11.7. The third-order valence-corrected chi connectivity index (χ3v) is 4.00. The molecular weight excluding hydrogens is 306 g/mol. The molecule has 1 N–H and O–H groups in total. The summed E-state index contributed by atoms with van der Waals surface area (Å²) in [5.41, 5.74) is 2.03. The molecule has 0 atom stereocenters. The highest BCUT2D eigenvalue weighted by atomic mass is 16.4. The molecule has 1 aliphatic heterocycles. The lowest BCUT2D eigenvalue weighted by Crippen LogP contribution is -2.29. The predicted molar refractivity (Wildman–Crippen MR) is 87.6 cm³/mol. The van der Waals surface area contributed by atoms with Gasteiger partial charge in [-0.25, -0.2) is 4.90 Å². The number of hydrogen-bond acceptors (Lipinski definition) is 4. The molecule has 3 aromatic rings. The van der Waals surface area contributed by atoms with Gasteiger partial charge in [0.15, 0.2) is 0 Å². The quantitative estimate of drug-likeness (QED) is 0.752. The Morgan fingerprint density at radius 1 is 0.875 bits per heavy atom. The van der Waals surface area contributed by atoms with Crippen LogP contribution < -0.4 is 4.90 Å². The summed E-state index contributed by atoms with van der Waals surface area (Å²) < 4.78 is 5.51. The van der Waals surface area contributed by atoms with Crippen LogP contribution in [0.2, 0.25) is 0 Å². The van der Waals surface area contributed by atoms with E-state index in [-0.39, 0.29) is 18.4 Å². The summed E-state index contributed by atoms with van der Waals surface area (Å²) in [4.78, 5) is 26.3. The first kappa shape index (κ1) is 14.4. The molecule has 0 radical (unpaired) electrons. The van der Waals surface area contributed by atoms with E-state index in [4.69, 9.17) is 9.52 Å². The number of hydrogen-bond donors (Lipinski definition) is 1. The minimum Gasteiger partial charge on any atom is -0.459 e. The maximum atomic E-state index is 12.6. The van der Waals surface area contributed by atoms with Crippen molar-refractivity contribution in [3.8, 4) is 11.3 Å². The van der Waals surface area contributed by atoms with E-state index in [9.17, 15) is 9.59 Å². The maximum Gasteiger partial charge on any atom is 0.266 e. The zero-order valence-corrected chi connectivity index (χ0v) is 12.6. The van der Waals surface area contributed by atoms with Gasteiger partial charge in [-0.15, -0.1) is 0 Å². The molecule has 2 amide bonds. The van der Waals surface area contributed by atoms with Crippen molar-refractivity contribution in [2.45, 2.75) is 6.61 Å². The molecule has 0 saturated heterocycles. The van der Waals surface area contributed by atoms with Gasteiger partial charge in [0.1, 0.15) is 18.1 Å². The number of aliphatic hydroxyl groups is 1. The van der Waals surface area contributed by atoms with Crippen molar-refractivity contribution >= 4 is 17.5 Å². The zero-order valence-electron chi connectivity index (χ0n) is 12.6. The monoisotopic (exact) mass is 319 g/mol. The fraction of sp³-hybridized carbons (Fsp3) is 0.0526. The molecule has 1 aromatic heterocycles. The first-order valence-electron chi connectivity index (χ1n) is 7.47. The van der Waals surface area contributed by atoms with Crippen molar-refractivity contribution in [2.24, 2.45) is 0 Å². The van der Waals surface area contributed by atoms with E-state index in [1.165, 1.54) is 4.90 Å². The van der Waals surface area contributed by atoms with Crippen LogP contribution in [0, 0.1) is 0 Å². The number of nitrogens with zero attached hydrogens (tertiary/aromatic N) is 1.